The van der Waals surface area contributed by atoms with Crippen LogP contribution in [0.5, 0.6) is 0 Å². The lowest BCUT2D eigenvalue weighted by Gasteiger charge is -2.22. The van der Waals surface area contributed by atoms with Gasteiger partial charge in [0.15, 0.2) is 6.10 Å². The van der Waals surface area contributed by atoms with E-state index in [1.54, 1.807) is 31.2 Å². The fraction of sp³-hybridized carbons (Fsp3) is 0.300. The molecule has 4 nitrogen and oxygen atoms in total. The molecule has 1 amide bonds. The number of aliphatic hydroxyl groups excluding tert-OH is 1. The van der Waals surface area contributed by atoms with Gasteiger partial charge in [-0.3, -0.25) is 4.79 Å². The normalized spacial score (nSPS) is 17.2. The first-order chi connectivity index (χ1) is 13.1. The Labute approximate surface area is 164 Å². The molecule has 0 saturated heterocycles. The lowest BCUT2D eigenvalue weighted by molar-refractivity contribution is -0.207. The number of benzene rings is 2. The predicted molar refractivity (Wildman–Crippen MR) is 96.3 cm³/mol. The zero-order valence-electron chi connectivity index (χ0n) is 14.8. The van der Waals surface area contributed by atoms with Crippen LogP contribution < -0.4 is 0 Å². The Morgan fingerprint density at radius 2 is 2.04 bits per heavy atom. The number of carbonyl (C=O) groups excluding carboxylic acids is 1. The van der Waals surface area contributed by atoms with E-state index in [0.29, 0.717) is 16.7 Å². The number of amides is 1. The van der Waals surface area contributed by atoms with Crippen molar-refractivity contribution in [3.05, 3.63) is 69.2 Å². The zero-order valence-corrected chi connectivity index (χ0v) is 15.6. The number of hydrogen-bond donors (Lipinski definition) is 1. The molecule has 1 aliphatic rings. The van der Waals surface area contributed by atoms with Gasteiger partial charge in [0.2, 0.25) is 5.91 Å². The average molecular weight is 409 g/mol. The molecule has 2 aromatic carbocycles. The number of nitrogens with zero attached hydrogens (tertiary/aromatic N) is 2. The number of alkyl halides is 3. The number of fused-ring (bicyclic) bond motifs is 1. The topological polar surface area (TPSA) is 64.3 Å². The molecule has 3 rings (SSSR count). The van der Waals surface area contributed by atoms with Crippen LogP contribution in [0.15, 0.2) is 36.4 Å². The van der Waals surface area contributed by atoms with Gasteiger partial charge in [0.05, 0.1) is 24.1 Å². The van der Waals surface area contributed by atoms with E-state index in [1.807, 2.05) is 6.07 Å². The van der Waals surface area contributed by atoms with Crippen molar-refractivity contribution >= 4 is 17.5 Å². The summed E-state index contributed by atoms with van der Waals surface area (Å²) < 4.78 is 39.0. The van der Waals surface area contributed by atoms with Gasteiger partial charge < -0.3 is 10.0 Å². The quantitative estimate of drug-likeness (QED) is 0.815. The van der Waals surface area contributed by atoms with E-state index in [2.05, 4.69) is 0 Å². The average Bonchev–Trinajstić information content (AvgIpc) is 2.99. The lowest BCUT2D eigenvalue weighted by atomic mass is 9.97. The molecule has 1 heterocycles. The molecular formula is C20H16ClF3N2O2. The smallest absolute Gasteiger partial charge is 0.379 e. The van der Waals surface area contributed by atoms with Gasteiger partial charge in [0.1, 0.15) is 0 Å². The molecule has 1 N–H and O–H groups in total. The number of carbonyl (C=O) groups is 1. The highest BCUT2D eigenvalue weighted by molar-refractivity contribution is 6.31. The minimum Gasteiger partial charge on any atom is -0.379 e. The molecule has 0 aromatic heterocycles. The molecule has 2 aromatic rings. The van der Waals surface area contributed by atoms with Crippen LogP contribution in [0.4, 0.5) is 13.2 Å². The first kappa shape index (κ1) is 20.2. The van der Waals surface area contributed by atoms with Gasteiger partial charge in [-0.15, -0.1) is 0 Å². The Hall–Kier alpha value is -2.56. The summed E-state index contributed by atoms with van der Waals surface area (Å²) in [6, 6.07) is 10.6. The van der Waals surface area contributed by atoms with Gasteiger partial charge in [-0.05, 0) is 41.3 Å². The van der Waals surface area contributed by atoms with Crippen LogP contribution in [0.1, 0.15) is 46.9 Å². The third-order valence-electron chi connectivity index (χ3n) is 4.99. The van der Waals surface area contributed by atoms with Crippen LogP contribution in [0.25, 0.3) is 0 Å². The molecule has 28 heavy (non-hydrogen) atoms. The molecule has 0 fully saturated rings. The molecule has 8 heteroatoms. The highest BCUT2D eigenvalue weighted by Crippen LogP contribution is 2.41. The number of aliphatic hydroxyl groups is 1. The summed E-state index contributed by atoms with van der Waals surface area (Å²) in [4.78, 5) is 14.3. The van der Waals surface area contributed by atoms with E-state index >= 15 is 0 Å². The molecule has 0 aliphatic carbocycles. The molecule has 0 radical (unpaired) electrons. The summed E-state index contributed by atoms with van der Waals surface area (Å²) in [5.41, 5.74) is 1.28. The SMILES string of the molecule is C[C@H]1c2cccc([C@@H](O)C(F)(F)F)c2CN1C(=O)Cc1c(Cl)cccc1C#N. The molecular weight excluding hydrogens is 393 g/mol. The van der Waals surface area contributed by atoms with Crippen molar-refractivity contribution in [2.45, 2.75) is 38.2 Å². The molecule has 146 valence electrons. The largest absolute Gasteiger partial charge is 0.418 e. The third kappa shape index (κ3) is 3.58. The van der Waals surface area contributed by atoms with Crippen molar-refractivity contribution in [1.29, 1.82) is 5.26 Å². The van der Waals surface area contributed by atoms with Crippen LogP contribution in [-0.4, -0.2) is 22.1 Å². The number of halogens is 4. The van der Waals surface area contributed by atoms with E-state index in [1.165, 1.54) is 17.0 Å². The molecule has 0 saturated carbocycles. The Balaban J connectivity index is 1.90. The van der Waals surface area contributed by atoms with Crippen molar-refractivity contribution in [3.8, 4) is 6.07 Å². The fourth-order valence-electron chi connectivity index (χ4n) is 3.50. The van der Waals surface area contributed by atoms with E-state index in [9.17, 15) is 28.3 Å². The van der Waals surface area contributed by atoms with E-state index in [0.717, 1.165) is 0 Å². The predicted octanol–water partition coefficient (Wildman–Crippen LogP) is 4.45. The zero-order chi connectivity index (χ0) is 20.6. The Kier molecular flexibility index (Phi) is 5.37. The molecule has 0 spiro atoms. The van der Waals surface area contributed by atoms with E-state index < -0.39 is 18.3 Å². The minimum atomic E-state index is -4.80. The summed E-state index contributed by atoms with van der Waals surface area (Å²) in [6.45, 7) is 1.66. The summed E-state index contributed by atoms with van der Waals surface area (Å²) in [5, 5.41) is 19.2. The highest BCUT2D eigenvalue weighted by Gasteiger charge is 2.43. The van der Waals surface area contributed by atoms with Gasteiger partial charge in [0.25, 0.3) is 0 Å². The van der Waals surface area contributed by atoms with Crippen molar-refractivity contribution in [2.75, 3.05) is 0 Å². The van der Waals surface area contributed by atoms with E-state index in [-0.39, 0.29) is 35.0 Å². The van der Waals surface area contributed by atoms with Crippen LogP contribution in [-0.2, 0) is 17.8 Å². The monoisotopic (exact) mass is 408 g/mol. The van der Waals surface area contributed by atoms with Crippen LogP contribution in [0.2, 0.25) is 5.02 Å². The van der Waals surface area contributed by atoms with Crippen LogP contribution in [0.3, 0.4) is 0 Å². The Morgan fingerprint density at radius 1 is 1.36 bits per heavy atom. The summed E-state index contributed by atoms with van der Waals surface area (Å²) >= 11 is 6.12. The lowest BCUT2D eigenvalue weighted by Crippen LogP contribution is -2.30. The molecule has 0 bridgehead atoms. The first-order valence-corrected chi connectivity index (χ1v) is 8.86. The summed E-state index contributed by atoms with van der Waals surface area (Å²) in [6.07, 6.45) is -7.55. The fourth-order valence-corrected chi connectivity index (χ4v) is 3.75. The van der Waals surface area contributed by atoms with Gasteiger partial charge in [-0.1, -0.05) is 35.9 Å². The minimum absolute atomic E-state index is 0.0506. The van der Waals surface area contributed by atoms with Crippen molar-refractivity contribution in [3.63, 3.8) is 0 Å². The van der Waals surface area contributed by atoms with Crippen LogP contribution >= 0.6 is 11.6 Å². The van der Waals surface area contributed by atoms with Crippen LogP contribution in [0, 0.1) is 11.3 Å². The standard InChI is InChI=1S/C20H16ClF3N2O2/c1-11-13-5-3-6-14(19(28)20(22,23)24)16(13)10-26(11)18(27)8-15-12(9-25)4-2-7-17(15)21/h2-7,11,19,28H,8,10H2,1H3/t11-,19+/m0/s1. The maximum atomic E-state index is 13.0. The highest BCUT2D eigenvalue weighted by atomic mass is 35.5. The van der Waals surface area contributed by atoms with Gasteiger partial charge in [-0.2, -0.15) is 18.4 Å². The molecule has 2 atom stereocenters. The van der Waals surface area contributed by atoms with Crippen molar-refractivity contribution in [1.82, 2.24) is 4.90 Å². The third-order valence-corrected chi connectivity index (χ3v) is 5.34. The number of nitriles is 1. The van der Waals surface area contributed by atoms with E-state index in [4.69, 9.17) is 11.6 Å². The summed E-state index contributed by atoms with van der Waals surface area (Å²) in [7, 11) is 0. The van der Waals surface area contributed by atoms with Gasteiger partial charge in [-0.25, -0.2) is 0 Å². The van der Waals surface area contributed by atoms with Crippen molar-refractivity contribution in [2.24, 2.45) is 0 Å². The maximum Gasteiger partial charge on any atom is 0.418 e. The molecule has 0 unspecified atom stereocenters. The second-order valence-electron chi connectivity index (χ2n) is 6.61. The second kappa shape index (κ2) is 7.46. The Morgan fingerprint density at radius 3 is 2.68 bits per heavy atom. The van der Waals surface area contributed by atoms with Crippen molar-refractivity contribution < 1.29 is 23.1 Å². The maximum absolute atomic E-state index is 13.0. The summed E-state index contributed by atoms with van der Waals surface area (Å²) in [5.74, 6) is -0.360. The number of rotatable bonds is 3. The van der Waals surface area contributed by atoms with Gasteiger partial charge >= 0.3 is 6.18 Å². The first-order valence-electron chi connectivity index (χ1n) is 8.48. The van der Waals surface area contributed by atoms with Gasteiger partial charge in [0, 0.05) is 11.6 Å². The molecule has 1 aliphatic heterocycles. The number of hydrogen-bond acceptors (Lipinski definition) is 3. The second-order valence-corrected chi connectivity index (χ2v) is 7.02. The Bertz CT molecular complexity index is 969.